The number of carbonyl (C=O) groups is 1. The van der Waals surface area contributed by atoms with Crippen molar-refractivity contribution in [2.45, 2.75) is 19.0 Å². The Balaban J connectivity index is 1.52. The zero-order valence-corrected chi connectivity index (χ0v) is 14.8. The first-order valence-corrected chi connectivity index (χ1v) is 9.93. The van der Waals surface area contributed by atoms with Gasteiger partial charge in [0, 0.05) is 19.1 Å². The summed E-state index contributed by atoms with van der Waals surface area (Å²) in [4.78, 5) is 25.7. The van der Waals surface area contributed by atoms with Gasteiger partial charge < -0.3 is 9.73 Å². The highest BCUT2D eigenvalue weighted by atomic mass is 32.2. The van der Waals surface area contributed by atoms with E-state index >= 15 is 0 Å². The Morgan fingerprint density at radius 1 is 1.40 bits per heavy atom. The monoisotopic (exact) mass is 367 g/mol. The number of nitrogens with zero attached hydrogens (tertiary/aromatic N) is 2. The molecule has 25 heavy (non-hydrogen) atoms. The highest BCUT2D eigenvalue weighted by Crippen LogP contribution is 2.12. The Morgan fingerprint density at radius 3 is 2.88 bits per heavy atom. The molecule has 9 heteroatoms. The van der Waals surface area contributed by atoms with E-state index in [1.54, 1.807) is 24.1 Å². The summed E-state index contributed by atoms with van der Waals surface area (Å²) in [6.07, 6.45) is 0.466. The Hall–Kier alpha value is -2.13. The molecule has 8 nitrogen and oxygen atoms in total. The molecule has 1 saturated heterocycles. The van der Waals surface area contributed by atoms with E-state index in [4.69, 9.17) is 4.42 Å². The van der Waals surface area contributed by atoms with Crippen molar-refractivity contribution in [1.29, 1.82) is 0 Å². The predicted octanol–water partition coefficient (Wildman–Crippen LogP) is -0.170. The molecule has 1 atom stereocenters. The number of oxazole rings is 1. The van der Waals surface area contributed by atoms with Crippen molar-refractivity contribution in [1.82, 2.24) is 14.8 Å². The van der Waals surface area contributed by atoms with Crippen LogP contribution in [-0.4, -0.2) is 61.5 Å². The number of aromatic nitrogens is 1. The number of amides is 1. The van der Waals surface area contributed by atoms with Crippen molar-refractivity contribution in [3.05, 3.63) is 34.8 Å². The third kappa shape index (κ3) is 4.29. The fourth-order valence-corrected chi connectivity index (χ4v) is 4.68. The van der Waals surface area contributed by atoms with Crippen LogP contribution in [0.4, 0.5) is 0 Å². The van der Waals surface area contributed by atoms with E-state index in [1.165, 1.54) is 4.57 Å². The number of fused-ring (bicyclic) bond motifs is 1. The smallest absolute Gasteiger partial charge is 0.408 e. The zero-order chi connectivity index (χ0) is 18.0. The SMILES string of the molecule is CN(CCn1c(=O)oc2ccccc21)CC(=O)NC1CCS(=O)(=O)C1. The van der Waals surface area contributed by atoms with Gasteiger partial charge in [0.25, 0.3) is 0 Å². The number of para-hydroxylation sites is 2. The van der Waals surface area contributed by atoms with Gasteiger partial charge >= 0.3 is 5.76 Å². The molecule has 0 saturated carbocycles. The Morgan fingerprint density at radius 2 is 2.16 bits per heavy atom. The number of likely N-dealkylation sites (N-methyl/N-ethyl adjacent to an activating group) is 1. The molecule has 1 N–H and O–H groups in total. The first-order valence-electron chi connectivity index (χ1n) is 8.11. The lowest BCUT2D eigenvalue weighted by atomic mass is 10.2. The van der Waals surface area contributed by atoms with Crippen molar-refractivity contribution in [2.75, 3.05) is 31.6 Å². The molecule has 2 heterocycles. The molecular formula is C16H21N3O5S. The van der Waals surface area contributed by atoms with Crippen molar-refractivity contribution in [3.8, 4) is 0 Å². The lowest BCUT2D eigenvalue weighted by molar-refractivity contribution is -0.122. The number of rotatable bonds is 6. The van der Waals surface area contributed by atoms with Gasteiger partial charge in [-0.25, -0.2) is 13.2 Å². The van der Waals surface area contributed by atoms with Crippen LogP contribution in [0.2, 0.25) is 0 Å². The van der Waals surface area contributed by atoms with Gasteiger partial charge in [-0.1, -0.05) is 12.1 Å². The Bertz CT molecular complexity index is 931. The lowest BCUT2D eigenvalue weighted by Crippen LogP contribution is -2.42. The van der Waals surface area contributed by atoms with Gasteiger partial charge in [0.15, 0.2) is 15.4 Å². The minimum absolute atomic E-state index is 0.0128. The van der Waals surface area contributed by atoms with Crippen molar-refractivity contribution in [2.24, 2.45) is 0 Å². The number of sulfone groups is 1. The second-order valence-electron chi connectivity index (χ2n) is 6.39. The number of benzene rings is 1. The maximum Gasteiger partial charge on any atom is 0.419 e. The van der Waals surface area contributed by atoms with Crippen LogP contribution < -0.4 is 11.1 Å². The summed E-state index contributed by atoms with van der Waals surface area (Å²) >= 11 is 0. The summed E-state index contributed by atoms with van der Waals surface area (Å²) in [6.45, 7) is 1.03. The van der Waals surface area contributed by atoms with Crippen LogP contribution >= 0.6 is 0 Å². The Labute approximate surface area is 145 Å². The molecule has 1 aliphatic rings. The third-order valence-electron chi connectivity index (χ3n) is 4.29. The molecule has 0 spiro atoms. The first kappa shape index (κ1) is 17.7. The molecule has 1 aliphatic heterocycles. The van der Waals surface area contributed by atoms with Crippen molar-refractivity contribution >= 4 is 26.8 Å². The molecule has 136 valence electrons. The number of hydrogen-bond donors (Lipinski definition) is 1. The average Bonchev–Trinajstić information content (AvgIpc) is 3.03. The summed E-state index contributed by atoms with van der Waals surface area (Å²) in [5, 5.41) is 2.75. The number of hydrogen-bond acceptors (Lipinski definition) is 6. The molecule has 1 amide bonds. The van der Waals surface area contributed by atoms with E-state index in [-0.39, 0.29) is 30.0 Å². The standard InChI is InChI=1S/C16H21N3O5S/c1-18(10-15(20)17-12-6-9-25(22,23)11-12)7-8-19-13-4-2-3-5-14(13)24-16(19)21/h2-5,12H,6-11H2,1H3,(H,17,20). The van der Waals surface area contributed by atoms with Gasteiger partial charge in [0.1, 0.15) is 0 Å². The number of carbonyl (C=O) groups excluding carboxylic acids is 1. The van der Waals surface area contributed by atoms with Gasteiger partial charge in [0.05, 0.1) is 23.6 Å². The minimum atomic E-state index is -3.01. The van der Waals surface area contributed by atoms with Gasteiger partial charge in [0.2, 0.25) is 5.91 Å². The maximum absolute atomic E-state index is 12.0. The lowest BCUT2D eigenvalue weighted by Gasteiger charge is -2.18. The Kier molecular flexibility index (Phi) is 4.96. The molecular weight excluding hydrogens is 346 g/mol. The molecule has 3 rings (SSSR count). The normalized spacial score (nSPS) is 19.5. The summed E-state index contributed by atoms with van der Waals surface area (Å²) in [6, 6.07) is 6.88. The second kappa shape index (κ2) is 7.01. The third-order valence-corrected chi connectivity index (χ3v) is 6.06. The van der Waals surface area contributed by atoms with E-state index in [0.29, 0.717) is 25.1 Å². The number of nitrogens with one attached hydrogen (secondary N) is 1. The van der Waals surface area contributed by atoms with Crippen LogP contribution in [0.5, 0.6) is 0 Å². The molecule has 1 aromatic heterocycles. The average molecular weight is 367 g/mol. The van der Waals surface area contributed by atoms with Gasteiger partial charge in [-0.05, 0) is 25.6 Å². The highest BCUT2D eigenvalue weighted by molar-refractivity contribution is 7.91. The minimum Gasteiger partial charge on any atom is -0.408 e. The second-order valence-corrected chi connectivity index (χ2v) is 8.62. The van der Waals surface area contributed by atoms with E-state index in [9.17, 15) is 18.0 Å². The summed E-state index contributed by atoms with van der Waals surface area (Å²) in [5.74, 6) is -0.493. The topological polar surface area (TPSA) is 102 Å². The first-order chi connectivity index (χ1) is 11.8. The van der Waals surface area contributed by atoms with Gasteiger partial charge in [-0.3, -0.25) is 14.3 Å². The van der Waals surface area contributed by atoms with E-state index in [1.807, 2.05) is 12.1 Å². The molecule has 0 radical (unpaired) electrons. The largest absolute Gasteiger partial charge is 0.419 e. The maximum atomic E-state index is 12.0. The summed E-state index contributed by atoms with van der Waals surface area (Å²) in [7, 11) is -1.24. The van der Waals surface area contributed by atoms with Crippen LogP contribution in [0.15, 0.2) is 33.5 Å². The van der Waals surface area contributed by atoms with Gasteiger partial charge in [-0.2, -0.15) is 0 Å². The molecule has 1 unspecified atom stereocenters. The van der Waals surface area contributed by atoms with Crippen molar-refractivity contribution in [3.63, 3.8) is 0 Å². The van der Waals surface area contributed by atoms with Gasteiger partial charge in [-0.15, -0.1) is 0 Å². The van der Waals surface area contributed by atoms with Crippen molar-refractivity contribution < 1.29 is 17.6 Å². The molecule has 0 aliphatic carbocycles. The van der Waals surface area contributed by atoms with Crippen LogP contribution in [0.25, 0.3) is 11.1 Å². The fourth-order valence-electron chi connectivity index (χ4n) is 3.00. The molecule has 1 aromatic carbocycles. The van der Waals surface area contributed by atoms with Crippen LogP contribution in [0, 0.1) is 0 Å². The van der Waals surface area contributed by atoms with E-state index < -0.39 is 15.6 Å². The van der Waals surface area contributed by atoms with Crippen LogP contribution in [0.1, 0.15) is 6.42 Å². The van der Waals surface area contributed by atoms with E-state index in [2.05, 4.69) is 5.32 Å². The molecule has 1 fully saturated rings. The summed E-state index contributed by atoms with van der Waals surface area (Å²) < 4.78 is 29.5. The molecule has 2 aromatic rings. The quantitative estimate of drug-likeness (QED) is 0.761. The van der Waals surface area contributed by atoms with Crippen LogP contribution in [-0.2, 0) is 21.2 Å². The van der Waals surface area contributed by atoms with Crippen LogP contribution in [0.3, 0.4) is 0 Å². The zero-order valence-electron chi connectivity index (χ0n) is 14.0. The van der Waals surface area contributed by atoms with E-state index in [0.717, 1.165) is 5.52 Å². The summed E-state index contributed by atoms with van der Waals surface area (Å²) in [5.41, 5.74) is 1.26. The highest BCUT2D eigenvalue weighted by Gasteiger charge is 2.28. The fraction of sp³-hybridized carbons (Fsp3) is 0.500. The predicted molar refractivity (Wildman–Crippen MR) is 93.2 cm³/mol. The molecule has 0 bridgehead atoms.